The van der Waals surface area contributed by atoms with Crippen LogP contribution in [-0.4, -0.2) is 4.98 Å². The molecule has 0 aliphatic rings. The summed E-state index contributed by atoms with van der Waals surface area (Å²) in [6.07, 6.45) is 0. The normalized spacial score (nSPS) is 10.1. The largest absolute Gasteiger partial charge is 0.457 e. The highest BCUT2D eigenvalue weighted by atomic mass is 35.5. The Balaban J connectivity index is 2.23. The molecule has 1 aromatic heterocycles. The SMILES string of the molecule is Cc1cc(Oc2ccc(N)cc2)cc(Cl)n1. The lowest BCUT2D eigenvalue weighted by Crippen LogP contribution is -1.89. The van der Waals surface area contributed by atoms with Crippen LogP contribution in [0.4, 0.5) is 5.69 Å². The van der Waals surface area contributed by atoms with Gasteiger partial charge < -0.3 is 10.5 Å². The molecule has 0 aliphatic heterocycles. The fraction of sp³-hybridized carbons (Fsp3) is 0.0833. The van der Waals surface area contributed by atoms with E-state index in [2.05, 4.69) is 4.98 Å². The molecule has 0 aliphatic carbocycles. The minimum Gasteiger partial charge on any atom is -0.457 e. The second-order valence-corrected chi connectivity index (χ2v) is 3.83. The van der Waals surface area contributed by atoms with Crippen LogP contribution in [0.5, 0.6) is 11.5 Å². The van der Waals surface area contributed by atoms with Crippen LogP contribution in [0, 0.1) is 6.92 Å². The van der Waals surface area contributed by atoms with Crippen molar-refractivity contribution >= 4 is 17.3 Å². The molecule has 0 unspecified atom stereocenters. The van der Waals surface area contributed by atoms with E-state index in [1.54, 1.807) is 30.3 Å². The number of nitrogens with zero attached hydrogens (tertiary/aromatic N) is 1. The molecule has 82 valence electrons. The summed E-state index contributed by atoms with van der Waals surface area (Å²) >= 11 is 5.83. The van der Waals surface area contributed by atoms with Crippen LogP contribution in [0.3, 0.4) is 0 Å². The van der Waals surface area contributed by atoms with Gasteiger partial charge in [-0.05, 0) is 31.2 Å². The lowest BCUT2D eigenvalue weighted by molar-refractivity contribution is 0.481. The van der Waals surface area contributed by atoms with Gasteiger partial charge in [-0.3, -0.25) is 0 Å². The van der Waals surface area contributed by atoms with Crippen LogP contribution in [0.1, 0.15) is 5.69 Å². The summed E-state index contributed by atoms with van der Waals surface area (Å²) in [6, 6.07) is 10.7. The molecule has 1 aromatic carbocycles. The maximum Gasteiger partial charge on any atom is 0.133 e. The molecule has 2 N–H and O–H groups in total. The van der Waals surface area contributed by atoms with Gasteiger partial charge in [0.15, 0.2) is 0 Å². The maximum absolute atomic E-state index is 5.83. The Morgan fingerprint density at radius 2 is 1.81 bits per heavy atom. The van der Waals surface area contributed by atoms with E-state index in [-0.39, 0.29) is 0 Å². The molecule has 0 saturated heterocycles. The van der Waals surface area contributed by atoms with E-state index in [1.807, 2.05) is 13.0 Å². The number of halogens is 1. The zero-order chi connectivity index (χ0) is 11.5. The molecule has 3 nitrogen and oxygen atoms in total. The molecular weight excluding hydrogens is 224 g/mol. The standard InChI is InChI=1S/C12H11ClN2O/c1-8-6-11(7-12(13)15-8)16-10-4-2-9(14)3-5-10/h2-7H,14H2,1H3. The summed E-state index contributed by atoms with van der Waals surface area (Å²) in [5, 5.41) is 0.422. The fourth-order valence-corrected chi connectivity index (χ4v) is 1.57. The zero-order valence-corrected chi connectivity index (χ0v) is 9.53. The first-order chi connectivity index (χ1) is 7.63. The highest BCUT2D eigenvalue weighted by Crippen LogP contribution is 2.24. The van der Waals surface area contributed by atoms with Crippen molar-refractivity contribution in [3.63, 3.8) is 0 Å². The van der Waals surface area contributed by atoms with Crippen LogP contribution in [0.15, 0.2) is 36.4 Å². The van der Waals surface area contributed by atoms with Gasteiger partial charge in [-0.15, -0.1) is 0 Å². The molecule has 0 saturated carbocycles. The Hall–Kier alpha value is -1.74. The third-order valence-corrected chi connectivity index (χ3v) is 2.21. The number of hydrogen-bond acceptors (Lipinski definition) is 3. The topological polar surface area (TPSA) is 48.1 Å². The molecule has 0 bridgehead atoms. The smallest absolute Gasteiger partial charge is 0.133 e. The highest BCUT2D eigenvalue weighted by Gasteiger charge is 2.00. The summed E-state index contributed by atoms with van der Waals surface area (Å²) in [6.45, 7) is 1.86. The van der Waals surface area contributed by atoms with Gasteiger partial charge >= 0.3 is 0 Å². The Labute approximate surface area is 98.8 Å². The van der Waals surface area contributed by atoms with Crippen molar-refractivity contribution in [1.29, 1.82) is 0 Å². The van der Waals surface area contributed by atoms with E-state index < -0.39 is 0 Å². The van der Waals surface area contributed by atoms with E-state index in [0.717, 1.165) is 11.4 Å². The van der Waals surface area contributed by atoms with Gasteiger partial charge in [-0.25, -0.2) is 4.98 Å². The Bertz CT molecular complexity index is 477. The van der Waals surface area contributed by atoms with Gasteiger partial charge in [0.05, 0.1) is 0 Å². The first kappa shape index (κ1) is 10.8. The number of nitrogen functional groups attached to an aromatic ring is 1. The van der Waals surface area contributed by atoms with Crippen LogP contribution in [0.25, 0.3) is 0 Å². The number of nitrogens with two attached hydrogens (primary N) is 1. The van der Waals surface area contributed by atoms with Crippen molar-refractivity contribution in [2.45, 2.75) is 6.92 Å². The van der Waals surface area contributed by atoms with Crippen molar-refractivity contribution in [3.8, 4) is 11.5 Å². The predicted molar refractivity (Wildman–Crippen MR) is 64.9 cm³/mol. The minimum atomic E-state index is 0.422. The van der Waals surface area contributed by atoms with Gasteiger partial charge in [-0.2, -0.15) is 0 Å². The van der Waals surface area contributed by atoms with Gasteiger partial charge in [-0.1, -0.05) is 11.6 Å². The number of aryl methyl sites for hydroxylation is 1. The molecule has 2 rings (SSSR count). The third-order valence-electron chi connectivity index (χ3n) is 2.01. The maximum atomic E-state index is 5.83. The summed E-state index contributed by atoms with van der Waals surface area (Å²) in [5.74, 6) is 1.39. The predicted octanol–water partition coefficient (Wildman–Crippen LogP) is 3.42. The minimum absolute atomic E-state index is 0.422. The van der Waals surface area contributed by atoms with Crippen LogP contribution in [-0.2, 0) is 0 Å². The Kier molecular flexibility index (Phi) is 2.97. The molecule has 16 heavy (non-hydrogen) atoms. The number of hydrogen-bond donors (Lipinski definition) is 1. The molecule has 4 heteroatoms. The van der Waals surface area contributed by atoms with Crippen LogP contribution < -0.4 is 10.5 Å². The fourth-order valence-electron chi connectivity index (χ4n) is 1.33. The lowest BCUT2D eigenvalue weighted by atomic mass is 10.3. The van der Waals surface area contributed by atoms with Gasteiger partial charge in [0.25, 0.3) is 0 Å². The van der Waals surface area contributed by atoms with Crippen molar-refractivity contribution in [2.75, 3.05) is 5.73 Å². The molecule has 1 heterocycles. The number of benzene rings is 1. The zero-order valence-electron chi connectivity index (χ0n) is 8.77. The molecule has 0 fully saturated rings. The van der Waals surface area contributed by atoms with Crippen LogP contribution >= 0.6 is 11.6 Å². The molecule has 0 amide bonds. The average Bonchev–Trinajstić information content (AvgIpc) is 2.20. The van der Waals surface area contributed by atoms with Gasteiger partial charge in [0, 0.05) is 23.5 Å². The van der Waals surface area contributed by atoms with E-state index in [9.17, 15) is 0 Å². The molecule has 0 spiro atoms. The number of pyridine rings is 1. The van der Waals surface area contributed by atoms with E-state index in [0.29, 0.717) is 16.6 Å². The van der Waals surface area contributed by atoms with E-state index in [1.165, 1.54) is 0 Å². The first-order valence-electron chi connectivity index (χ1n) is 4.81. The Morgan fingerprint density at radius 3 is 2.44 bits per heavy atom. The van der Waals surface area contributed by atoms with Crippen molar-refractivity contribution < 1.29 is 4.74 Å². The first-order valence-corrected chi connectivity index (χ1v) is 5.19. The highest BCUT2D eigenvalue weighted by molar-refractivity contribution is 6.29. The lowest BCUT2D eigenvalue weighted by Gasteiger charge is -2.06. The second kappa shape index (κ2) is 4.41. The third kappa shape index (κ3) is 2.64. The van der Waals surface area contributed by atoms with Crippen molar-refractivity contribution in [3.05, 3.63) is 47.2 Å². The molecule has 0 atom stereocenters. The number of anilines is 1. The van der Waals surface area contributed by atoms with Crippen molar-refractivity contribution in [1.82, 2.24) is 4.98 Å². The summed E-state index contributed by atoms with van der Waals surface area (Å²) in [4.78, 5) is 4.06. The van der Waals surface area contributed by atoms with E-state index >= 15 is 0 Å². The quantitative estimate of drug-likeness (QED) is 0.640. The van der Waals surface area contributed by atoms with Gasteiger partial charge in [0.2, 0.25) is 0 Å². The number of ether oxygens (including phenoxy) is 1. The molecule has 2 aromatic rings. The second-order valence-electron chi connectivity index (χ2n) is 3.44. The van der Waals surface area contributed by atoms with Gasteiger partial charge in [0.1, 0.15) is 16.7 Å². The summed E-state index contributed by atoms with van der Waals surface area (Å²) < 4.78 is 5.62. The average molecular weight is 235 g/mol. The Morgan fingerprint density at radius 1 is 1.12 bits per heavy atom. The number of aromatic nitrogens is 1. The van der Waals surface area contributed by atoms with E-state index in [4.69, 9.17) is 22.1 Å². The number of rotatable bonds is 2. The molecular formula is C12H11ClN2O. The van der Waals surface area contributed by atoms with Crippen LogP contribution in [0.2, 0.25) is 5.15 Å². The molecule has 0 radical (unpaired) electrons. The summed E-state index contributed by atoms with van der Waals surface area (Å²) in [5.41, 5.74) is 7.10. The monoisotopic (exact) mass is 234 g/mol. The van der Waals surface area contributed by atoms with Crippen molar-refractivity contribution in [2.24, 2.45) is 0 Å². The summed E-state index contributed by atoms with van der Waals surface area (Å²) in [7, 11) is 0.